The molecule has 0 bridgehead atoms. The minimum absolute atomic E-state index is 0.105. The molecule has 2 N–H and O–H groups in total. The van der Waals surface area contributed by atoms with Crippen LogP contribution in [0.5, 0.6) is 0 Å². The number of rotatable bonds is 5. The standard InChI is InChI=1S/C11H13ClF3NO3S/c1-7(17)4-5-16-20(18,19)10-6-8(11(13,14)15)2-3-9(10)12/h2-3,6-7,16-17H,4-5H2,1H3. The fourth-order valence-corrected chi connectivity index (χ4v) is 2.94. The summed E-state index contributed by atoms with van der Waals surface area (Å²) in [6, 6.07) is 2.07. The van der Waals surface area contributed by atoms with Crippen molar-refractivity contribution in [3.05, 3.63) is 28.8 Å². The van der Waals surface area contributed by atoms with E-state index in [2.05, 4.69) is 4.72 Å². The van der Waals surface area contributed by atoms with E-state index in [1.165, 1.54) is 6.92 Å². The summed E-state index contributed by atoms with van der Waals surface area (Å²) in [5.41, 5.74) is -1.10. The van der Waals surface area contributed by atoms with Crippen LogP contribution in [-0.4, -0.2) is 26.2 Å². The Morgan fingerprint density at radius 2 is 2.00 bits per heavy atom. The van der Waals surface area contributed by atoms with Gasteiger partial charge in [0.25, 0.3) is 0 Å². The molecule has 9 heteroatoms. The van der Waals surface area contributed by atoms with E-state index in [4.69, 9.17) is 16.7 Å². The first kappa shape index (κ1) is 17.2. The van der Waals surface area contributed by atoms with E-state index < -0.39 is 32.8 Å². The van der Waals surface area contributed by atoms with Crippen molar-refractivity contribution in [1.29, 1.82) is 0 Å². The fourth-order valence-electron chi connectivity index (χ4n) is 1.37. The monoisotopic (exact) mass is 331 g/mol. The third-order valence-electron chi connectivity index (χ3n) is 2.40. The molecule has 0 heterocycles. The van der Waals surface area contributed by atoms with Crippen molar-refractivity contribution in [2.24, 2.45) is 0 Å². The highest BCUT2D eigenvalue weighted by molar-refractivity contribution is 7.89. The molecule has 114 valence electrons. The molecule has 1 unspecified atom stereocenters. The molecule has 0 saturated carbocycles. The molecule has 0 amide bonds. The lowest BCUT2D eigenvalue weighted by Gasteiger charge is -2.12. The summed E-state index contributed by atoms with van der Waals surface area (Å²) in [5, 5.41) is 8.71. The number of sulfonamides is 1. The number of aliphatic hydroxyl groups is 1. The van der Waals surface area contributed by atoms with Gasteiger partial charge in [-0.25, -0.2) is 13.1 Å². The molecule has 1 aromatic carbocycles. The van der Waals surface area contributed by atoms with Crippen molar-refractivity contribution < 1.29 is 26.7 Å². The summed E-state index contributed by atoms with van der Waals surface area (Å²) in [6.45, 7) is 1.36. The molecule has 4 nitrogen and oxygen atoms in total. The Morgan fingerprint density at radius 3 is 2.50 bits per heavy atom. The predicted octanol–water partition coefficient (Wildman–Crippen LogP) is 2.41. The van der Waals surface area contributed by atoms with Crippen molar-refractivity contribution in [2.75, 3.05) is 6.54 Å². The van der Waals surface area contributed by atoms with Crippen LogP contribution in [0.1, 0.15) is 18.9 Å². The van der Waals surface area contributed by atoms with Crippen LogP contribution >= 0.6 is 11.6 Å². The van der Waals surface area contributed by atoms with Crippen LogP contribution in [0, 0.1) is 0 Å². The van der Waals surface area contributed by atoms with Gasteiger partial charge in [-0.2, -0.15) is 13.2 Å². The second-order valence-corrected chi connectivity index (χ2v) is 6.32. The summed E-state index contributed by atoms with van der Waals surface area (Å²) >= 11 is 5.64. The first-order chi connectivity index (χ1) is 9.04. The van der Waals surface area contributed by atoms with Gasteiger partial charge >= 0.3 is 6.18 Å². The van der Waals surface area contributed by atoms with Gasteiger partial charge < -0.3 is 5.11 Å². The van der Waals surface area contributed by atoms with Crippen LogP contribution in [0.15, 0.2) is 23.1 Å². The van der Waals surface area contributed by atoms with Crippen LogP contribution < -0.4 is 4.72 Å². The smallest absolute Gasteiger partial charge is 0.393 e. The molecule has 1 aromatic rings. The van der Waals surface area contributed by atoms with Gasteiger partial charge in [0.15, 0.2) is 0 Å². The summed E-state index contributed by atoms with van der Waals surface area (Å²) in [5.74, 6) is 0. The lowest BCUT2D eigenvalue weighted by Crippen LogP contribution is -2.27. The van der Waals surface area contributed by atoms with Crippen molar-refractivity contribution >= 4 is 21.6 Å². The Balaban J connectivity index is 3.05. The number of nitrogens with one attached hydrogen (secondary N) is 1. The molecule has 20 heavy (non-hydrogen) atoms. The maximum atomic E-state index is 12.6. The summed E-state index contributed by atoms with van der Waals surface area (Å²) in [6.07, 6.45) is -5.25. The Hall–Kier alpha value is -0.830. The van der Waals surface area contributed by atoms with Crippen molar-refractivity contribution in [1.82, 2.24) is 4.72 Å². The van der Waals surface area contributed by atoms with Gasteiger partial charge in [-0.1, -0.05) is 11.6 Å². The van der Waals surface area contributed by atoms with Gasteiger partial charge in [-0.3, -0.25) is 0 Å². The minimum atomic E-state index is -4.66. The molecule has 0 saturated heterocycles. The molecule has 0 aliphatic carbocycles. The first-order valence-electron chi connectivity index (χ1n) is 5.58. The van der Waals surface area contributed by atoms with Gasteiger partial charge in [0.2, 0.25) is 10.0 Å². The maximum Gasteiger partial charge on any atom is 0.416 e. The van der Waals surface area contributed by atoms with E-state index in [9.17, 15) is 21.6 Å². The Kier molecular flexibility index (Phi) is 5.42. The largest absolute Gasteiger partial charge is 0.416 e. The van der Waals surface area contributed by atoms with Crippen molar-refractivity contribution in [2.45, 2.75) is 30.5 Å². The Bertz CT molecular complexity index is 573. The molecular formula is C11H13ClF3NO3S. The third kappa shape index (κ3) is 4.62. The van der Waals surface area contributed by atoms with Gasteiger partial charge in [0.1, 0.15) is 4.90 Å². The van der Waals surface area contributed by atoms with Gasteiger partial charge in [0, 0.05) is 6.54 Å². The minimum Gasteiger partial charge on any atom is -0.393 e. The molecule has 1 atom stereocenters. The van der Waals surface area contributed by atoms with Crippen LogP contribution in [0.25, 0.3) is 0 Å². The van der Waals surface area contributed by atoms with Crippen LogP contribution in [-0.2, 0) is 16.2 Å². The summed E-state index contributed by atoms with van der Waals surface area (Å²) < 4.78 is 63.5. The molecule has 1 rings (SSSR count). The molecule has 0 fully saturated rings. The van der Waals surface area contributed by atoms with E-state index in [0.29, 0.717) is 12.1 Å². The SMILES string of the molecule is CC(O)CCNS(=O)(=O)c1cc(C(F)(F)F)ccc1Cl. The number of aliphatic hydroxyl groups excluding tert-OH is 1. The van der Waals surface area contributed by atoms with Crippen LogP contribution in [0.3, 0.4) is 0 Å². The van der Waals surface area contributed by atoms with Crippen LogP contribution in [0.2, 0.25) is 5.02 Å². The fraction of sp³-hybridized carbons (Fsp3) is 0.455. The number of benzene rings is 1. The maximum absolute atomic E-state index is 12.6. The van der Waals surface area contributed by atoms with Crippen LogP contribution in [0.4, 0.5) is 13.2 Å². The summed E-state index contributed by atoms with van der Waals surface area (Å²) in [7, 11) is -4.16. The second-order valence-electron chi connectivity index (χ2n) is 4.18. The molecule has 0 aromatic heterocycles. The lowest BCUT2D eigenvalue weighted by molar-refractivity contribution is -0.137. The Labute approximate surface area is 119 Å². The van der Waals surface area contributed by atoms with E-state index in [1.54, 1.807) is 0 Å². The van der Waals surface area contributed by atoms with Crippen molar-refractivity contribution in [3.63, 3.8) is 0 Å². The zero-order valence-electron chi connectivity index (χ0n) is 10.4. The highest BCUT2D eigenvalue weighted by Gasteiger charge is 2.32. The molecular weight excluding hydrogens is 319 g/mol. The number of alkyl halides is 3. The number of hydrogen-bond donors (Lipinski definition) is 2. The molecule has 0 aliphatic rings. The molecule has 0 radical (unpaired) electrons. The van der Waals surface area contributed by atoms with E-state index >= 15 is 0 Å². The summed E-state index contributed by atoms with van der Waals surface area (Å²) in [4.78, 5) is -0.639. The second kappa shape index (κ2) is 6.30. The van der Waals surface area contributed by atoms with E-state index in [0.717, 1.165) is 6.07 Å². The van der Waals surface area contributed by atoms with E-state index in [1.807, 2.05) is 0 Å². The zero-order chi connectivity index (χ0) is 15.6. The normalized spacial score (nSPS) is 14.3. The van der Waals surface area contributed by atoms with Gasteiger partial charge in [0.05, 0.1) is 16.7 Å². The zero-order valence-corrected chi connectivity index (χ0v) is 12.0. The Morgan fingerprint density at radius 1 is 1.40 bits per heavy atom. The number of hydrogen-bond acceptors (Lipinski definition) is 3. The highest BCUT2D eigenvalue weighted by Crippen LogP contribution is 2.33. The van der Waals surface area contributed by atoms with Crippen molar-refractivity contribution in [3.8, 4) is 0 Å². The van der Waals surface area contributed by atoms with Gasteiger partial charge in [-0.05, 0) is 31.5 Å². The third-order valence-corrected chi connectivity index (χ3v) is 4.34. The van der Waals surface area contributed by atoms with E-state index in [-0.39, 0.29) is 18.0 Å². The number of halogens is 4. The highest BCUT2D eigenvalue weighted by atomic mass is 35.5. The average Bonchev–Trinajstić information content (AvgIpc) is 2.26. The lowest BCUT2D eigenvalue weighted by atomic mass is 10.2. The average molecular weight is 332 g/mol. The quantitative estimate of drug-likeness (QED) is 0.870. The molecule has 0 spiro atoms. The first-order valence-corrected chi connectivity index (χ1v) is 7.44. The topological polar surface area (TPSA) is 66.4 Å². The van der Waals surface area contributed by atoms with Gasteiger partial charge in [-0.15, -0.1) is 0 Å². The molecule has 0 aliphatic heterocycles. The predicted molar refractivity (Wildman–Crippen MR) is 67.9 cm³/mol.